The second-order valence-electron chi connectivity index (χ2n) is 6.08. The highest BCUT2D eigenvalue weighted by atomic mass is 16.5. The van der Waals surface area contributed by atoms with Gasteiger partial charge < -0.3 is 19.7 Å². The lowest BCUT2D eigenvalue weighted by atomic mass is 9.93. The summed E-state index contributed by atoms with van der Waals surface area (Å²) >= 11 is 0. The van der Waals surface area contributed by atoms with Gasteiger partial charge in [0.25, 0.3) is 0 Å². The van der Waals surface area contributed by atoms with Crippen LogP contribution in [0.2, 0.25) is 0 Å². The number of hydrogen-bond acceptors (Lipinski definition) is 4. The Morgan fingerprint density at radius 2 is 1.91 bits per heavy atom. The van der Waals surface area contributed by atoms with E-state index in [1.165, 1.54) is 6.42 Å². The SMILES string of the molecule is CNCCC1CCN(C(=O)Cc2ccc(OC)c(OC)c2)CC1. The molecule has 2 rings (SSSR count). The van der Waals surface area contributed by atoms with Crippen molar-refractivity contribution >= 4 is 5.91 Å². The van der Waals surface area contributed by atoms with Crippen LogP contribution < -0.4 is 14.8 Å². The Labute approximate surface area is 139 Å². The van der Waals surface area contributed by atoms with E-state index in [0.29, 0.717) is 17.9 Å². The van der Waals surface area contributed by atoms with Gasteiger partial charge in [0.05, 0.1) is 20.6 Å². The molecule has 1 aromatic rings. The summed E-state index contributed by atoms with van der Waals surface area (Å²) in [7, 11) is 5.21. The standard InChI is InChI=1S/C18H28N2O3/c1-19-9-6-14-7-10-20(11-8-14)18(21)13-15-4-5-16(22-2)17(12-15)23-3/h4-5,12,14,19H,6-11,13H2,1-3H3. The Hall–Kier alpha value is -1.75. The van der Waals surface area contributed by atoms with Gasteiger partial charge in [-0.25, -0.2) is 0 Å². The molecule has 1 N–H and O–H groups in total. The van der Waals surface area contributed by atoms with Crippen LogP contribution in [0.1, 0.15) is 24.8 Å². The minimum atomic E-state index is 0.198. The normalized spacial score (nSPS) is 15.5. The zero-order valence-corrected chi connectivity index (χ0v) is 14.4. The molecule has 0 unspecified atom stereocenters. The first-order valence-electron chi connectivity index (χ1n) is 8.31. The molecule has 1 saturated heterocycles. The van der Waals surface area contributed by atoms with Crippen LogP contribution in [-0.4, -0.2) is 51.7 Å². The van der Waals surface area contributed by atoms with Gasteiger partial charge in [-0.1, -0.05) is 6.07 Å². The first-order valence-corrected chi connectivity index (χ1v) is 8.31. The number of carbonyl (C=O) groups excluding carboxylic acids is 1. The van der Waals surface area contributed by atoms with E-state index in [0.717, 1.165) is 44.0 Å². The lowest BCUT2D eigenvalue weighted by molar-refractivity contribution is -0.131. The number of carbonyl (C=O) groups is 1. The lowest BCUT2D eigenvalue weighted by Gasteiger charge is -2.32. The fourth-order valence-corrected chi connectivity index (χ4v) is 3.10. The Balaban J connectivity index is 1.88. The molecule has 0 aromatic heterocycles. The van der Waals surface area contributed by atoms with Gasteiger partial charge in [-0.05, 0) is 56.5 Å². The quantitative estimate of drug-likeness (QED) is 0.836. The average Bonchev–Trinajstić information content (AvgIpc) is 2.60. The molecule has 0 radical (unpaired) electrons. The van der Waals surface area contributed by atoms with E-state index in [4.69, 9.17) is 9.47 Å². The largest absolute Gasteiger partial charge is 0.493 e. The van der Waals surface area contributed by atoms with E-state index >= 15 is 0 Å². The Bertz CT molecular complexity index is 511. The molecule has 1 amide bonds. The highest BCUT2D eigenvalue weighted by molar-refractivity contribution is 5.79. The summed E-state index contributed by atoms with van der Waals surface area (Å²) in [5.74, 6) is 2.30. The molecule has 1 aliphatic heterocycles. The van der Waals surface area contributed by atoms with E-state index in [2.05, 4.69) is 5.32 Å². The van der Waals surface area contributed by atoms with Crippen molar-refractivity contribution in [3.05, 3.63) is 23.8 Å². The van der Waals surface area contributed by atoms with Crippen molar-refractivity contribution in [3.63, 3.8) is 0 Å². The molecule has 23 heavy (non-hydrogen) atoms. The van der Waals surface area contributed by atoms with E-state index < -0.39 is 0 Å². The molecule has 1 aromatic carbocycles. The van der Waals surface area contributed by atoms with Crippen LogP contribution in [0.4, 0.5) is 0 Å². The number of amides is 1. The highest BCUT2D eigenvalue weighted by Crippen LogP contribution is 2.28. The van der Waals surface area contributed by atoms with Crippen LogP contribution in [0.15, 0.2) is 18.2 Å². The number of rotatable bonds is 7. The van der Waals surface area contributed by atoms with Gasteiger partial charge >= 0.3 is 0 Å². The predicted octanol–water partition coefficient (Wildman–Crippen LogP) is 2.09. The average molecular weight is 320 g/mol. The molecule has 5 nitrogen and oxygen atoms in total. The Morgan fingerprint density at radius 1 is 1.22 bits per heavy atom. The third-order valence-electron chi connectivity index (χ3n) is 4.57. The molecule has 0 aliphatic carbocycles. The molecule has 0 bridgehead atoms. The Kier molecular flexibility index (Phi) is 6.71. The van der Waals surface area contributed by atoms with Crippen LogP contribution in [-0.2, 0) is 11.2 Å². The molecule has 1 heterocycles. The van der Waals surface area contributed by atoms with Gasteiger partial charge in [0.1, 0.15) is 0 Å². The summed E-state index contributed by atoms with van der Waals surface area (Å²) in [6, 6.07) is 5.67. The molecule has 0 spiro atoms. The molecular formula is C18H28N2O3. The smallest absolute Gasteiger partial charge is 0.226 e. The van der Waals surface area contributed by atoms with E-state index in [1.807, 2.05) is 30.1 Å². The van der Waals surface area contributed by atoms with Crippen LogP contribution in [0.5, 0.6) is 11.5 Å². The fourth-order valence-electron chi connectivity index (χ4n) is 3.10. The van der Waals surface area contributed by atoms with E-state index in [1.54, 1.807) is 14.2 Å². The van der Waals surface area contributed by atoms with Gasteiger partial charge in [-0.2, -0.15) is 0 Å². The van der Waals surface area contributed by atoms with Gasteiger partial charge in [0.15, 0.2) is 11.5 Å². The summed E-state index contributed by atoms with van der Waals surface area (Å²) < 4.78 is 10.5. The van der Waals surface area contributed by atoms with Crippen molar-refractivity contribution in [1.29, 1.82) is 0 Å². The number of piperidine rings is 1. The maximum absolute atomic E-state index is 12.5. The van der Waals surface area contributed by atoms with Crippen LogP contribution >= 0.6 is 0 Å². The van der Waals surface area contributed by atoms with Crippen LogP contribution in [0.3, 0.4) is 0 Å². The maximum atomic E-state index is 12.5. The predicted molar refractivity (Wildman–Crippen MR) is 91.1 cm³/mol. The molecule has 1 fully saturated rings. The monoisotopic (exact) mass is 320 g/mol. The van der Waals surface area contributed by atoms with Crippen molar-refractivity contribution in [2.75, 3.05) is 40.9 Å². The third-order valence-corrected chi connectivity index (χ3v) is 4.57. The van der Waals surface area contributed by atoms with Crippen molar-refractivity contribution < 1.29 is 14.3 Å². The molecule has 0 atom stereocenters. The van der Waals surface area contributed by atoms with Crippen molar-refractivity contribution in [2.45, 2.75) is 25.7 Å². The first-order chi connectivity index (χ1) is 11.2. The molecule has 1 aliphatic rings. The zero-order valence-electron chi connectivity index (χ0n) is 14.4. The molecule has 0 saturated carbocycles. The number of nitrogens with one attached hydrogen (secondary N) is 1. The van der Waals surface area contributed by atoms with Gasteiger partial charge in [0, 0.05) is 13.1 Å². The maximum Gasteiger partial charge on any atom is 0.226 e. The highest BCUT2D eigenvalue weighted by Gasteiger charge is 2.22. The number of likely N-dealkylation sites (tertiary alicyclic amines) is 1. The minimum Gasteiger partial charge on any atom is -0.493 e. The van der Waals surface area contributed by atoms with Crippen molar-refractivity contribution in [3.8, 4) is 11.5 Å². The summed E-state index contributed by atoms with van der Waals surface area (Å²) in [6.45, 7) is 2.81. The lowest BCUT2D eigenvalue weighted by Crippen LogP contribution is -2.39. The summed E-state index contributed by atoms with van der Waals surface area (Å²) in [4.78, 5) is 14.5. The van der Waals surface area contributed by atoms with Crippen molar-refractivity contribution in [2.24, 2.45) is 5.92 Å². The van der Waals surface area contributed by atoms with Crippen molar-refractivity contribution in [1.82, 2.24) is 10.2 Å². The topological polar surface area (TPSA) is 50.8 Å². The van der Waals surface area contributed by atoms with Crippen LogP contribution in [0.25, 0.3) is 0 Å². The fraction of sp³-hybridized carbons (Fsp3) is 0.611. The van der Waals surface area contributed by atoms with E-state index in [9.17, 15) is 4.79 Å². The number of benzene rings is 1. The molecule has 5 heteroatoms. The second kappa shape index (κ2) is 8.77. The minimum absolute atomic E-state index is 0.198. The number of ether oxygens (including phenoxy) is 2. The number of methoxy groups -OCH3 is 2. The summed E-state index contributed by atoms with van der Waals surface area (Å²) in [5, 5.41) is 3.20. The van der Waals surface area contributed by atoms with Gasteiger partial charge in [-0.3, -0.25) is 4.79 Å². The first kappa shape index (κ1) is 17.6. The zero-order chi connectivity index (χ0) is 16.7. The van der Waals surface area contributed by atoms with E-state index in [-0.39, 0.29) is 5.91 Å². The number of nitrogens with zero attached hydrogens (tertiary/aromatic N) is 1. The molecular weight excluding hydrogens is 292 g/mol. The second-order valence-corrected chi connectivity index (χ2v) is 6.08. The van der Waals surface area contributed by atoms with Crippen LogP contribution in [0, 0.1) is 5.92 Å². The Morgan fingerprint density at radius 3 is 2.52 bits per heavy atom. The van der Waals surface area contributed by atoms with Gasteiger partial charge in [-0.15, -0.1) is 0 Å². The van der Waals surface area contributed by atoms with Gasteiger partial charge in [0.2, 0.25) is 5.91 Å². The summed E-state index contributed by atoms with van der Waals surface area (Å²) in [6.07, 6.45) is 3.84. The molecule has 128 valence electrons. The number of hydrogen-bond donors (Lipinski definition) is 1. The third kappa shape index (κ3) is 4.86. The summed E-state index contributed by atoms with van der Waals surface area (Å²) in [5.41, 5.74) is 0.963.